The van der Waals surface area contributed by atoms with Gasteiger partial charge in [-0.1, -0.05) is 24.3 Å². The van der Waals surface area contributed by atoms with Gasteiger partial charge in [0.05, 0.1) is 23.1 Å². The van der Waals surface area contributed by atoms with Gasteiger partial charge in [0.25, 0.3) is 0 Å². The molecule has 2 aromatic rings. The lowest BCUT2D eigenvalue weighted by molar-refractivity contribution is 0.949. The molecule has 2 heterocycles. The van der Waals surface area contributed by atoms with Crippen LogP contribution < -0.4 is 9.80 Å². The van der Waals surface area contributed by atoms with E-state index in [-0.39, 0.29) is 21.4 Å². The first-order valence-corrected chi connectivity index (χ1v) is 11.0. The van der Waals surface area contributed by atoms with Crippen LogP contribution in [0, 0.1) is 0 Å². The third kappa shape index (κ3) is 2.67. The summed E-state index contributed by atoms with van der Waals surface area (Å²) in [5.74, 6) is 1.94. The number of nitrogens with zero attached hydrogens (tertiary/aromatic N) is 4. The van der Waals surface area contributed by atoms with Crippen LogP contribution in [0.2, 0.25) is 0 Å². The Labute approximate surface area is 148 Å². The highest BCUT2D eigenvalue weighted by Crippen LogP contribution is 2.34. The first-order chi connectivity index (χ1) is 11.8. The molecule has 126 valence electrons. The van der Waals surface area contributed by atoms with E-state index in [0.717, 1.165) is 24.8 Å². The number of anilines is 2. The molecule has 0 aliphatic carbocycles. The van der Waals surface area contributed by atoms with Crippen LogP contribution in [0.1, 0.15) is 13.8 Å². The van der Waals surface area contributed by atoms with Gasteiger partial charge >= 0.3 is 0 Å². The van der Waals surface area contributed by atoms with Crippen LogP contribution in [0.4, 0.5) is 11.4 Å². The molecule has 0 aromatic heterocycles. The van der Waals surface area contributed by atoms with Crippen molar-refractivity contribution in [3.05, 3.63) is 48.5 Å². The second-order valence-corrected chi connectivity index (χ2v) is 8.98. The minimum absolute atomic E-state index is 0.146. The van der Waals surface area contributed by atoms with Gasteiger partial charge in [0.1, 0.15) is 0 Å². The van der Waals surface area contributed by atoms with Crippen LogP contribution in [-0.2, 0) is 21.4 Å². The van der Waals surface area contributed by atoms with Crippen molar-refractivity contribution in [2.75, 3.05) is 34.6 Å². The fraction of sp³-hybridized carbons (Fsp3) is 0.333. The molecule has 24 heavy (non-hydrogen) atoms. The molecule has 0 saturated heterocycles. The van der Waals surface area contributed by atoms with Crippen LogP contribution >= 0.6 is 0 Å². The number of rotatable bonds is 3. The van der Waals surface area contributed by atoms with Crippen molar-refractivity contribution in [2.24, 2.45) is 8.94 Å². The summed E-state index contributed by atoms with van der Waals surface area (Å²) in [6, 6.07) is 17.3. The summed E-state index contributed by atoms with van der Waals surface area (Å²) in [4.78, 5) is 7.49. The molecule has 0 bridgehead atoms. The molecule has 4 nitrogen and oxygen atoms in total. The normalized spacial score (nSPS) is 22.2. The number of hydrogen-bond acceptors (Lipinski definition) is 2. The van der Waals surface area contributed by atoms with Gasteiger partial charge in [0.15, 0.2) is 0 Å². The summed E-state index contributed by atoms with van der Waals surface area (Å²) in [5, 5.41) is 0. The summed E-state index contributed by atoms with van der Waals surface area (Å²) >= 11 is 0. The summed E-state index contributed by atoms with van der Waals surface area (Å²) in [7, 11) is -0.291. The third-order valence-corrected chi connectivity index (χ3v) is 7.95. The first-order valence-electron chi connectivity index (χ1n) is 8.33. The van der Waals surface area contributed by atoms with Crippen molar-refractivity contribution in [3.8, 4) is 0 Å². The van der Waals surface area contributed by atoms with Crippen molar-refractivity contribution < 1.29 is 0 Å². The van der Waals surface area contributed by atoms with E-state index in [1.165, 1.54) is 21.2 Å². The van der Waals surface area contributed by atoms with E-state index in [2.05, 4.69) is 72.2 Å². The zero-order valence-electron chi connectivity index (χ0n) is 14.1. The third-order valence-electron chi connectivity index (χ3n) is 4.47. The fourth-order valence-electron chi connectivity index (χ4n) is 3.15. The lowest BCUT2D eigenvalue weighted by atomic mass is 10.3. The lowest BCUT2D eigenvalue weighted by Crippen LogP contribution is -2.20. The molecule has 6 heteroatoms. The molecule has 2 aromatic carbocycles. The zero-order valence-corrected chi connectivity index (χ0v) is 15.7. The Morgan fingerprint density at radius 2 is 1.17 bits per heavy atom. The highest BCUT2D eigenvalue weighted by Gasteiger charge is 2.24. The van der Waals surface area contributed by atoms with Crippen LogP contribution in [-0.4, -0.2) is 24.8 Å². The van der Waals surface area contributed by atoms with Gasteiger partial charge in [-0.05, 0) is 59.5 Å². The van der Waals surface area contributed by atoms with E-state index in [1.807, 2.05) is 0 Å². The molecule has 0 fully saturated rings. The summed E-state index contributed by atoms with van der Waals surface area (Å²) in [5.41, 5.74) is 2.65. The van der Waals surface area contributed by atoms with E-state index in [4.69, 9.17) is 8.94 Å². The number of benzene rings is 2. The lowest BCUT2D eigenvalue weighted by Gasteiger charge is -2.14. The molecular weight excluding hydrogens is 336 g/mol. The maximum atomic E-state index is 4.81. The van der Waals surface area contributed by atoms with Crippen molar-refractivity contribution in [3.63, 3.8) is 0 Å². The molecule has 0 saturated carbocycles. The van der Waals surface area contributed by atoms with Gasteiger partial charge in [0.2, 0.25) is 0 Å². The number of fused-ring (bicyclic) bond motifs is 2. The van der Waals surface area contributed by atoms with Crippen molar-refractivity contribution in [1.29, 1.82) is 0 Å². The smallest absolute Gasteiger partial charge is 0.0813 e. The average Bonchev–Trinajstić information content (AvgIpc) is 3.18. The molecule has 2 atom stereocenters. The van der Waals surface area contributed by atoms with Crippen LogP contribution in [0.5, 0.6) is 0 Å². The van der Waals surface area contributed by atoms with Crippen molar-refractivity contribution in [1.82, 2.24) is 0 Å². The Bertz CT molecular complexity index is 762. The second-order valence-electron chi connectivity index (χ2n) is 5.80. The van der Waals surface area contributed by atoms with E-state index in [9.17, 15) is 0 Å². The Kier molecular flexibility index (Phi) is 4.41. The van der Waals surface area contributed by atoms with Crippen molar-refractivity contribution >= 4 is 32.8 Å². The molecule has 0 N–H and O–H groups in total. The van der Waals surface area contributed by atoms with Gasteiger partial charge in [0, 0.05) is 22.9 Å². The topological polar surface area (TPSA) is 31.2 Å². The SMILES string of the molecule is CCN1CS(=NN=S2CN(CC)c3ccccc32)c2ccccc21. The second kappa shape index (κ2) is 6.69. The summed E-state index contributed by atoms with van der Waals surface area (Å²) < 4.78 is 9.62. The molecular formula is C18H22N4S2. The number of hydrogen-bond donors (Lipinski definition) is 0. The molecule has 2 aliphatic rings. The molecule has 0 amide bonds. The largest absolute Gasteiger partial charge is 0.360 e. The maximum absolute atomic E-state index is 4.81. The monoisotopic (exact) mass is 358 g/mol. The zero-order chi connectivity index (χ0) is 16.5. The van der Waals surface area contributed by atoms with Gasteiger partial charge in [-0.3, -0.25) is 0 Å². The highest BCUT2D eigenvalue weighted by molar-refractivity contribution is 7.89. The summed E-state index contributed by atoms with van der Waals surface area (Å²) in [6.45, 7) is 6.45. The van der Waals surface area contributed by atoms with Gasteiger partial charge in [-0.25, -0.2) is 0 Å². The van der Waals surface area contributed by atoms with E-state index >= 15 is 0 Å². The standard InChI is InChI=1S/C18H22N4S2/c1-3-21-13-23(17-11-7-5-9-15(17)21)19-20-24-14-22(4-2)16-10-6-8-12-18(16)24/h5-12H,3-4,13-14H2,1-2H3. The van der Waals surface area contributed by atoms with E-state index in [1.54, 1.807) is 0 Å². The molecule has 0 spiro atoms. The predicted octanol–water partition coefficient (Wildman–Crippen LogP) is 4.22. The van der Waals surface area contributed by atoms with Crippen molar-refractivity contribution in [2.45, 2.75) is 23.6 Å². The Morgan fingerprint density at radius 1 is 0.750 bits per heavy atom. The average molecular weight is 359 g/mol. The molecule has 2 aliphatic heterocycles. The number of para-hydroxylation sites is 2. The van der Waals surface area contributed by atoms with Gasteiger partial charge in [-0.15, -0.1) is 8.94 Å². The van der Waals surface area contributed by atoms with Crippen LogP contribution in [0.3, 0.4) is 0 Å². The van der Waals surface area contributed by atoms with Gasteiger partial charge < -0.3 is 9.80 Å². The quantitative estimate of drug-likeness (QED) is 0.769. The molecule has 2 unspecified atom stereocenters. The first kappa shape index (κ1) is 15.8. The predicted molar refractivity (Wildman–Crippen MR) is 105 cm³/mol. The Morgan fingerprint density at radius 3 is 1.58 bits per heavy atom. The minimum Gasteiger partial charge on any atom is -0.360 e. The van der Waals surface area contributed by atoms with Crippen LogP contribution in [0.25, 0.3) is 0 Å². The van der Waals surface area contributed by atoms with E-state index < -0.39 is 0 Å². The van der Waals surface area contributed by atoms with E-state index in [0.29, 0.717) is 0 Å². The molecule has 0 radical (unpaired) electrons. The highest BCUT2D eigenvalue weighted by atomic mass is 32.2. The maximum Gasteiger partial charge on any atom is 0.0813 e. The fourth-order valence-corrected chi connectivity index (χ4v) is 6.94. The Balaban J connectivity index is 1.70. The van der Waals surface area contributed by atoms with Crippen LogP contribution in [0.15, 0.2) is 67.3 Å². The summed E-state index contributed by atoms with van der Waals surface area (Å²) in [6.07, 6.45) is 0. The van der Waals surface area contributed by atoms with Gasteiger partial charge in [-0.2, -0.15) is 0 Å². The minimum atomic E-state index is -0.146. The molecule has 4 rings (SSSR count). The Hall–Kier alpha value is -1.66.